The smallest absolute Gasteiger partial charge is 0.242 e. The van der Waals surface area contributed by atoms with Gasteiger partial charge in [0.05, 0.1) is 6.54 Å². The summed E-state index contributed by atoms with van der Waals surface area (Å²) >= 11 is 0. The van der Waals surface area contributed by atoms with E-state index in [9.17, 15) is 9.59 Å². The first-order valence-electron chi connectivity index (χ1n) is 9.83. The van der Waals surface area contributed by atoms with Crippen molar-refractivity contribution in [3.05, 3.63) is 24.0 Å². The second-order valence-corrected chi connectivity index (χ2v) is 8.04. The number of carbonyl (C=O) groups is 2. The predicted octanol–water partition coefficient (Wildman–Crippen LogP) is 2.70. The molecule has 3 fully saturated rings. The maximum atomic E-state index is 13.0. The summed E-state index contributed by atoms with van der Waals surface area (Å²) in [6, 6.07) is 4.77. The minimum Gasteiger partial charge on any atom is -0.353 e. The fourth-order valence-electron chi connectivity index (χ4n) is 4.06. The molecule has 0 spiro atoms. The second-order valence-electron chi connectivity index (χ2n) is 8.04. The number of nitrogens with zero attached hydrogens (tertiary/aromatic N) is 3. The van der Waals surface area contributed by atoms with Gasteiger partial charge in [-0.2, -0.15) is 0 Å². The van der Waals surface area contributed by atoms with Crippen molar-refractivity contribution in [2.75, 3.05) is 6.54 Å². The lowest BCUT2D eigenvalue weighted by Crippen LogP contribution is -2.46. The van der Waals surface area contributed by atoms with Gasteiger partial charge in [0.25, 0.3) is 0 Å². The third kappa shape index (κ3) is 3.75. The van der Waals surface area contributed by atoms with Crippen molar-refractivity contribution in [3.63, 3.8) is 0 Å². The molecule has 0 aliphatic heterocycles. The number of hydrogen-bond donors (Lipinski definition) is 0. The van der Waals surface area contributed by atoms with Crippen molar-refractivity contribution < 1.29 is 9.59 Å². The number of carbonyl (C=O) groups excluding carboxylic acids is 2. The lowest BCUT2D eigenvalue weighted by atomic mass is 10.1. The standard InChI is InChI=1S/C20H29N3O2/c1-21-12-4-7-18(21)13-22(16-8-9-16)19(24)14-23(17-10-11-17)20(25)15-5-2-3-6-15/h4,7,12,15-17H,2-3,5-6,8-11,13-14H2,1H3. The van der Waals surface area contributed by atoms with Crippen LogP contribution >= 0.6 is 0 Å². The molecule has 0 radical (unpaired) electrons. The van der Waals surface area contributed by atoms with Crippen molar-refractivity contribution in [2.24, 2.45) is 13.0 Å². The lowest BCUT2D eigenvalue weighted by Gasteiger charge is -2.29. The molecule has 0 saturated heterocycles. The minimum atomic E-state index is 0.127. The van der Waals surface area contributed by atoms with Crippen LogP contribution in [0.1, 0.15) is 57.1 Å². The molecular formula is C20H29N3O2. The van der Waals surface area contributed by atoms with Crippen molar-refractivity contribution in [1.29, 1.82) is 0 Å². The number of hydrogen-bond acceptors (Lipinski definition) is 2. The van der Waals surface area contributed by atoms with Gasteiger partial charge in [-0.15, -0.1) is 0 Å². The Kier molecular flexibility index (Phi) is 4.57. The highest BCUT2D eigenvalue weighted by atomic mass is 16.2. The number of aromatic nitrogens is 1. The van der Waals surface area contributed by atoms with E-state index in [-0.39, 0.29) is 24.3 Å². The van der Waals surface area contributed by atoms with Crippen LogP contribution in [0.15, 0.2) is 18.3 Å². The van der Waals surface area contributed by atoms with Crippen LogP contribution in [0.25, 0.3) is 0 Å². The van der Waals surface area contributed by atoms with Crippen LogP contribution in [0.5, 0.6) is 0 Å². The zero-order valence-corrected chi connectivity index (χ0v) is 15.2. The summed E-state index contributed by atoms with van der Waals surface area (Å²) in [6.45, 7) is 0.935. The van der Waals surface area contributed by atoms with Crippen LogP contribution in [0.4, 0.5) is 0 Å². The monoisotopic (exact) mass is 343 g/mol. The summed E-state index contributed by atoms with van der Waals surface area (Å²) in [5.41, 5.74) is 1.15. The van der Waals surface area contributed by atoms with Gasteiger partial charge >= 0.3 is 0 Å². The van der Waals surface area contributed by atoms with E-state index in [0.717, 1.165) is 57.1 Å². The zero-order valence-electron chi connectivity index (χ0n) is 15.2. The van der Waals surface area contributed by atoms with E-state index in [0.29, 0.717) is 18.6 Å². The molecule has 5 heteroatoms. The highest BCUT2D eigenvalue weighted by molar-refractivity contribution is 5.87. The van der Waals surface area contributed by atoms with E-state index in [1.807, 2.05) is 29.1 Å². The normalized spacial score (nSPS) is 20.7. The number of aryl methyl sites for hydroxylation is 1. The molecule has 0 aromatic carbocycles. The first kappa shape index (κ1) is 16.7. The quantitative estimate of drug-likeness (QED) is 0.764. The van der Waals surface area contributed by atoms with E-state index in [1.54, 1.807) is 0 Å². The van der Waals surface area contributed by atoms with E-state index in [2.05, 4.69) is 10.6 Å². The molecular weight excluding hydrogens is 314 g/mol. The Morgan fingerprint density at radius 1 is 1.04 bits per heavy atom. The summed E-state index contributed by atoms with van der Waals surface area (Å²) < 4.78 is 2.07. The highest BCUT2D eigenvalue weighted by Crippen LogP contribution is 2.34. The largest absolute Gasteiger partial charge is 0.353 e. The van der Waals surface area contributed by atoms with Gasteiger partial charge in [-0.1, -0.05) is 12.8 Å². The first-order valence-corrected chi connectivity index (χ1v) is 9.83. The number of rotatable bonds is 7. The third-order valence-corrected chi connectivity index (χ3v) is 5.97. The Hall–Kier alpha value is -1.78. The Morgan fingerprint density at radius 2 is 1.68 bits per heavy atom. The van der Waals surface area contributed by atoms with Gasteiger partial charge < -0.3 is 14.4 Å². The van der Waals surface area contributed by atoms with Crippen molar-refractivity contribution in [1.82, 2.24) is 14.4 Å². The van der Waals surface area contributed by atoms with Gasteiger partial charge in [0.2, 0.25) is 11.8 Å². The zero-order chi connectivity index (χ0) is 17.4. The van der Waals surface area contributed by atoms with Crippen LogP contribution < -0.4 is 0 Å². The molecule has 5 nitrogen and oxygen atoms in total. The molecule has 25 heavy (non-hydrogen) atoms. The van der Waals surface area contributed by atoms with Crippen molar-refractivity contribution in [3.8, 4) is 0 Å². The Balaban J connectivity index is 1.43. The fourth-order valence-corrected chi connectivity index (χ4v) is 4.06. The van der Waals surface area contributed by atoms with E-state index in [4.69, 9.17) is 0 Å². The second kappa shape index (κ2) is 6.85. The van der Waals surface area contributed by atoms with Gasteiger partial charge in [-0.25, -0.2) is 0 Å². The molecule has 0 N–H and O–H groups in total. The summed E-state index contributed by atoms with van der Waals surface area (Å²) in [4.78, 5) is 29.9. The predicted molar refractivity (Wildman–Crippen MR) is 95.7 cm³/mol. The van der Waals surface area contributed by atoms with Crippen molar-refractivity contribution >= 4 is 11.8 Å². The van der Waals surface area contributed by atoms with Crippen LogP contribution in [0, 0.1) is 5.92 Å². The summed E-state index contributed by atoms with van der Waals surface area (Å²) in [5.74, 6) is 0.528. The first-order chi connectivity index (χ1) is 12.1. The summed E-state index contributed by atoms with van der Waals surface area (Å²) in [6.07, 6.45) is 10.7. The maximum Gasteiger partial charge on any atom is 0.242 e. The number of amides is 2. The van der Waals surface area contributed by atoms with Gasteiger partial charge in [0.15, 0.2) is 0 Å². The van der Waals surface area contributed by atoms with Crippen LogP contribution in [-0.4, -0.2) is 44.8 Å². The SMILES string of the molecule is Cn1cccc1CN(C(=O)CN(C(=O)C1CCCC1)C1CC1)C1CC1. The van der Waals surface area contributed by atoms with Crippen LogP contribution in [-0.2, 0) is 23.2 Å². The molecule has 3 aliphatic rings. The maximum absolute atomic E-state index is 13.0. The van der Waals surface area contributed by atoms with E-state index in [1.165, 1.54) is 0 Å². The van der Waals surface area contributed by atoms with E-state index >= 15 is 0 Å². The molecule has 3 saturated carbocycles. The van der Waals surface area contributed by atoms with Gasteiger partial charge in [0.1, 0.15) is 6.54 Å². The van der Waals surface area contributed by atoms with Gasteiger partial charge in [0, 0.05) is 36.9 Å². The van der Waals surface area contributed by atoms with Crippen LogP contribution in [0.2, 0.25) is 0 Å². The minimum absolute atomic E-state index is 0.127. The Morgan fingerprint density at radius 3 is 2.24 bits per heavy atom. The molecule has 136 valence electrons. The molecule has 1 heterocycles. The highest BCUT2D eigenvalue weighted by Gasteiger charge is 2.40. The average molecular weight is 343 g/mol. The molecule has 0 atom stereocenters. The Bertz CT molecular complexity index is 639. The van der Waals surface area contributed by atoms with Crippen LogP contribution in [0.3, 0.4) is 0 Å². The molecule has 0 unspecified atom stereocenters. The molecule has 2 amide bonds. The lowest BCUT2D eigenvalue weighted by molar-refractivity contribution is -0.144. The molecule has 0 bridgehead atoms. The summed E-state index contributed by atoms with van der Waals surface area (Å²) in [5, 5.41) is 0. The van der Waals surface area contributed by atoms with Crippen molar-refractivity contribution in [2.45, 2.75) is 70.0 Å². The van der Waals surface area contributed by atoms with E-state index < -0.39 is 0 Å². The van der Waals surface area contributed by atoms with Gasteiger partial charge in [-0.05, 0) is 50.7 Å². The summed E-state index contributed by atoms with van der Waals surface area (Å²) in [7, 11) is 2.02. The average Bonchev–Trinajstić information content (AvgIpc) is 3.52. The Labute approximate surface area is 150 Å². The third-order valence-electron chi connectivity index (χ3n) is 5.97. The molecule has 1 aromatic heterocycles. The fraction of sp³-hybridized carbons (Fsp3) is 0.700. The molecule has 4 rings (SSSR count). The topological polar surface area (TPSA) is 45.6 Å². The van der Waals surface area contributed by atoms with Gasteiger partial charge in [-0.3, -0.25) is 9.59 Å². The molecule has 1 aromatic rings. The molecule has 3 aliphatic carbocycles.